The summed E-state index contributed by atoms with van der Waals surface area (Å²) in [6, 6.07) is 28.1. The number of ether oxygens (including phenoxy) is 1. The molecular formula is C32H39N3O5. The number of aliphatic hydroxyl groups excluding tert-OH is 1. The molecule has 1 fully saturated rings. The van der Waals surface area contributed by atoms with Crippen molar-refractivity contribution in [2.24, 2.45) is 5.92 Å². The van der Waals surface area contributed by atoms with E-state index in [1.54, 1.807) is 4.90 Å². The maximum absolute atomic E-state index is 13.8. The number of benzene rings is 3. The van der Waals surface area contributed by atoms with Gasteiger partial charge in [-0.1, -0.05) is 72.8 Å². The fraction of sp³-hybridized carbons (Fsp3) is 0.375. The van der Waals surface area contributed by atoms with Gasteiger partial charge in [-0.05, 0) is 55.0 Å². The van der Waals surface area contributed by atoms with Crippen molar-refractivity contribution >= 4 is 11.8 Å². The number of carbonyl (C=O) groups excluding carboxylic acids is 2. The van der Waals surface area contributed by atoms with Crippen LogP contribution in [0.1, 0.15) is 42.5 Å². The van der Waals surface area contributed by atoms with Gasteiger partial charge in [-0.15, -0.1) is 0 Å². The predicted molar refractivity (Wildman–Crippen MR) is 153 cm³/mol. The van der Waals surface area contributed by atoms with E-state index in [1.807, 2.05) is 67.6 Å². The molecule has 40 heavy (non-hydrogen) atoms. The molecule has 0 aliphatic carbocycles. The second-order valence-corrected chi connectivity index (χ2v) is 10.2. The number of carbonyl (C=O) groups is 2. The third kappa shape index (κ3) is 7.69. The Balaban J connectivity index is 1.47. The fourth-order valence-corrected chi connectivity index (χ4v) is 5.36. The molecule has 4 rings (SSSR count). The summed E-state index contributed by atoms with van der Waals surface area (Å²) >= 11 is 0. The van der Waals surface area contributed by atoms with E-state index in [0.29, 0.717) is 45.5 Å². The van der Waals surface area contributed by atoms with Gasteiger partial charge in [0.2, 0.25) is 5.91 Å². The molecule has 8 nitrogen and oxygen atoms in total. The van der Waals surface area contributed by atoms with Crippen molar-refractivity contribution in [1.82, 2.24) is 15.3 Å². The molecule has 1 aliphatic rings. The molecule has 3 aromatic rings. The molecule has 3 aromatic carbocycles. The molecule has 1 unspecified atom stereocenters. The SMILES string of the molecule is CCOc1ccc(CCC[C@@H](C(=O)N2CCN(Cc3ccccc3)C(c3ccccc3)C2)[C@H](O)C(=O)NO)cc1. The van der Waals surface area contributed by atoms with Crippen LogP contribution in [0.2, 0.25) is 0 Å². The highest BCUT2D eigenvalue weighted by Crippen LogP contribution is 2.29. The normalized spacial score (nSPS) is 17.2. The molecular weight excluding hydrogens is 506 g/mol. The largest absolute Gasteiger partial charge is 0.494 e. The first-order valence-corrected chi connectivity index (χ1v) is 14.0. The smallest absolute Gasteiger partial charge is 0.272 e. The number of hydrogen-bond donors (Lipinski definition) is 3. The Morgan fingerprint density at radius 1 is 0.950 bits per heavy atom. The number of piperazine rings is 1. The average molecular weight is 546 g/mol. The van der Waals surface area contributed by atoms with E-state index in [2.05, 4.69) is 29.2 Å². The van der Waals surface area contributed by atoms with Crippen molar-refractivity contribution in [3.8, 4) is 5.75 Å². The monoisotopic (exact) mass is 545 g/mol. The van der Waals surface area contributed by atoms with E-state index < -0.39 is 17.9 Å². The van der Waals surface area contributed by atoms with E-state index in [1.165, 1.54) is 11.0 Å². The molecule has 2 amide bonds. The molecule has 1 saturated heterocycles. The Hall–Kier alpha value is -3.72. The minimum absolute atomic E-state index is 0.0348. The summed E-state index contributed by atoms with van der Waals surface area (Å²) < 4.78 is 5.50. The first-order chi connectivity index (χ1) is 19.5. The average Bonchev–Trinajstić information content (AvgIpc) is 3.00. The van der Waals surface area contributed by atoms with Gasteiger partial charge in [-0.3, -0.25) is 19.7 Å². The molecule has 0 radical (unpaired) electrons. The summed E-state index contributed by atoms with van der Waals surface area (Å²) in [4.78, 5) is 30.2. The van der Waals surface area contributed by atoms with Gasteiger partial charge >= 0.3 is 0 Å². The zero-order valence-electron chi connectivity index (χ0n) is 23.0. The Kier molecular flexibility index (Phi) is 10.7. The van der Waals surface area contributed by atoms with Crippen LogP contribution in [0.4, 0.5) is 0 Å². The van der Waals surface area contributed by atoms with Crippen LogP contribution in [-0.4, -0.2) is 64.3 Å². The first kappa shape index (κ1) is 29.3. The summed E-state index contributed by atoms with van der Waals surface area (Å²) in [7, 11) is 0. The van der Waals surface area contributed by atoms with Crippen LogP contribution in [0.3, 0.4) is 0 Å². The number of aliphatic hydroxyl groups is 1. The van der Waals surface area contributed by atoms with Gasteiger partial charge in [0.1, 0.15) is 11.9 Å². The molecule has 8 heteroatoms. The van der Waals surface area contributed by atoms with Gasteiger partial charge in [-0.2, -0.15) is 0 Å². The number of hydroxylamine groups is 1. The highest BCUT2D eigenvalue weighted by atomic mass is 16.5. The fourth-order valence-electron chi connectivity index (χ4n) is 5.36. The highest BCUT2D eigenvalue weighted by molar-refractivity contribution is 5.88. The summed E-state index contributed by atoms with van der Waals surface area (Å²) in [5.41, 5.74) is 4.90. The van der Waals surface area contributed by atoms with E-state index >= 15 is 0 Å². The van der Waals surface area contributed by atoms with Crippen molar-refractivity contribution < 1.29 is 24.6 Å². The van der Waals surface area contributed by atoms with E-state index in [-0.39, 0.29) is 11.9 Å². The topological polar surface area (TPSA) is 102 Å². The van der Waals surface area contributed by atoms with Crippen LogP contribution in [0.5, 0.6) is 5.75 Å². The Labute approximate surface area is 236 Å². The summed E-state index contributed by atoms with van der Waals surface area (Å²) in [6.45, 7) is 4.87. The summed E-state index contributed by atoms with van der Waals surface area (Å²) in [5.74, 6) is -1.41. The zero-order valence-corrected chi connectivity index (χ0v) is 23.0. The number of aryl methyl sites for hydroxylation is 1. The van der Waals surface area contributed by atoms with Crippen LogP contribution in [0.25, 0.3) is 0 Å². The molecule has 0 aromatic heterocycles. The number of nitrogens with zero attached hydrogens (tertiary/aromatic N) is 2. The number of amides is 2. The minimum Gasteiger partial charge on any atom is -0.494 e. The van der Waals surface area contributed by atoms with Gasteiger partial charge in [-0.25, -0.2) is 5.48 Å². The molecule has 1 heterocycles. The third-order valence-corrected chi connectivity index (χ3v) is 7.51. The Morgan fingerprint density at radius 2 is 1.62 bits per heavy atom. The maximum Gasteiger partial charge on any atom is 0.272 e. The molecule has 3 N–H and O–H groups in total. The second kappa shape index (κ2) is 14.6. The summed E-state index contributed by atoms with van der Waals surface area (Å²) in [5, 5.41) is 19.9. The molecule has 3 atom stereocenters. The van der Waals surface area contributed by atoms with Crippen molar-refractivity contribution in [2.75, 3.05) is 26.2 Å². The van der Waals surface area contributed by atoms with Crippen LogP contribution in [0, 0.1) is 5.92 Å². The lowest BCUT2D eigenvalue weighted by Crippen LogP contribution is -2.54. The number of hydrogen-bond acceptors (Lipinski definition) is 6. The van der Waals surface area contributed by atoms with Crippen molar-refractivity contribution in [2.45, 2.75) is 44.9 Å². The van der Waals surface area contributed by atoms with Gasteiger partial charge in [0, 0.05) is 26.2 Å². The van der Waals surface area contributed by atoms with Crippen molar-refractivity contribution in [1.29, 1.82) is 0 Å². The van der Waals surface area contributed by atoms with Crippen LogP contribution in [0.15, 0.2) is 84.9 Å². The van der Waals surface area contributed by atoms with Crippen LogP contribution < -0.4 is 10.2 Å². The molecule has 0 saturated carbocycles. The third-order valence-electron chi connectivity index (χ3n) is 7.51. The predicted octanol–water partition coefficient (Wildman–Crippen LogP) is 3.98. The number of nitrogens with one attached hydrogen (secondary N) is 1. The van der Waals surface area contributed by atoms with Gasteiger partial charge in [0.15, 0.2) is 0 Å². The van der Waals surface area contributed by atoms with E-state index in [0.717, 1.165) is 23.4 Å². The van der Waals surface area contributed by atoms with E-state index in [9.17, 15) is 19.9 Å². The standard InChI is InChI=1S/C32H39N3O5/c1-2-40-27-18-16-24(17-19-27)12-9-15-28(30(36)31(37)33-39)32(38)35-21-20-34(22-25-10-5-3-6-11-25)29(23-35)26-13-7-4-8-14-26/h3-8,10-11,13-14,16-19,28-30,36,39H,2,9,12,15,20-23H2,1H3,(H,33,37)/t28-,29?,30+/m1/s1. The molecule has 212 valence electrons. The highest BCUT2D eigenvalue weighted by Gasteiger charge is 2.38. The first-order valence-electron chi connectivity index (χ1n) is 14.0. The lowest BCUT2D eigenvalue weighted by Gasteiger charge is -2.43. The molecule has 0 spiro atoms. The van der Waals surface area contributed by atoms with Gasteiger partial charge < -0.3 is 14.7 Å². The van der Waals surface area contributed by atoms with Crippen molar-refractivity contribution in [3.05, 3.63) is 102 Å². The molecule has 1 aliphatic heterocycles. The quantitative estimate of drug-likeness (QED) is 0.235. The lowest BCUT2D eigenvalue weighted by atomic mass is 9.91. The van der Waals surface area contributed by atoms with Gasteiger partial charge in [0.05, 0.1) is 18.6 Å². The maximum atomic E-state index is 13.8. The lowest BCUT2D eigenvalue weighted by molar-refractivity contribution is -0.152. The Morgan fingerprint density at radius 3 is 2.27 bits per heavy atom. The number of rotatable bonds is 12. The minimum atomic E-state index is -1.64. The second-order valence-electron chi connectivity index (χ2n) is 10.2. The Bertz CT molecular complexity index is 1210. The van der Waals surface area contributed by atoms with Crippen molar-refractivity contribution in [3.63, 3.8) is 0 Å². The van der Waals surface area contributed by atoms with Gasteiger partial charge in [0.25, 0.3) is 5.91 Å². The molecule has 0 bridgehead atoms. The van der Waals surface area contributed by atoms with Crippen LogP contribution in [-0.2, 0) is 22.6 Å². The van der Waals surface area contributed by atoms with Crippen LogP contribution >= 0.6 is 0 Å². The zero-order chi connectivity index (χ0) is 28.3. The summed E-state index contributed by atoms with van der Waals surface area (Å²) in [6.07, 6.45) is -0.0616. The van der Waals surface area contributed by atoms with E-state index in [4.69, 9.17) is 4.74 Å².